The molecule has 1 aromatic carbocycles. The molecule has 2 aromatic rings. The number of aromatic nitrogens is 1. The average Bonchev–Trinajstić information content (AvgIpc) is 2.42. The van der Waals surface area contributed by atoms with Crippen molar-refractivity contribution in [3.05, 3.63) is 63.9 Å². The number of nitrogens with zero attached hydrogens (tertiary/aromatic N) is 1. The lowest BCUT2D eigenvalue weighted by Gasteiger charge is -2.17. The van der Waals surface area contributed by atoms with Crippen LogP contribution in [-0.2, 0) is 12.8 Å². The molecule has 0 saturated carbocycles. The molecule has 20 heavy (non-hydrogen) atoms. The van der Waals surface area contributed by atoms with Gasteiger partial charge in [0.1, 0.15) is 0 Å². The number of hydrogen-bond acceptors (Lipinski definition) is 2. The molecule has 0 saturated heterocycles. The zero-order valence-corrected chi connectivity index (χ0v) is 13.7. The predicted molar refractivity (Wildman–Crippen MR) is 87.9 cm³/mol. The van der Waals surface area contributed by atoms with Gasteiger partial charge >= 0.3 is 0 Å². The molecular weight excluding hydrogens is 312 g/mol. The van der Waals surface area contributed by atoms with Crippen molar-refractivity contribution in [3.63, 3.8) is 0 Å². The van der Waals surface area contributed by atoms with E-state index in [2.05, 4.69) is 63.5 Å². The van der Waals surface area contributed by atoms with E-state index in [1.165, 1.54) is 16.7 Å². The van der Waals surface area contributed by atoms with Crippen LogP contribution in [0, 0.1) is 12.8 Å². The topological polar surface area (TPSA) is 24.9 Å². The van der Waals surface area contributed by atoms with Gasteiger partial charge < -0.3 is 5.32 Å². The van der Waals surface area contributed by atoms with Crippen molar-refractivity contribution in [2.24, 2.45) is 5.92 Å². The fraction of sp³-hybridized carbons (Fsp3) is 0.353. The molecule has 1 unspecified atom stereocenters. The fourth-order valence-electron chi connectivity index (χ4n) is 2.46. The molecular formula is C17H21BrN2. The summed E-state index contributed by atoms with van der Waals surface area (Å²) >= 11 is 3.49. The average molecular weight is 333 g/mol. The molecule has 1 atom stereocenters. The smallest absolute Gasteiger partial charge is 0.0410 e. The summed E-state index contributed by atoms with van der Waals surface area (Å²) in [5.41, 5.74) is 4.00. The normalized spacial score (nSPS) is 12.3. The van der Waals surface area contributed by atoms with E-state index in [0.29, 0.717) is 5.92 Å². The molecule has 0 radical (unpaired) electrons. The third-order valence-corrected chi connectivity index (χ3v) is 3.86. The van der Waals surface area contributed by atoms with Crippen molar-refractivity contribution in [1.82, 2.24) is 10.3 Å². The SMILES string of the molecule is CNCC(Cc1ccc(C)cc1)Cc1cncc(Br)c1. The summed E-state index contributed by atoms with van der Waals surface area (Å²) in [7, 11) is 2.02. The fourth-order valence-corrected chi connectivity index (χ4v) is 2.88. The highest BCUT2D eigenvalue weighted by Gasteiger charge is 2.10. The monoisotopic (exact) mass is 332 g/mol. The van der Waals surface area contributed by atoms with E-state index >= 15 is 0 Å². The predicted octanol–water partition coefficient (Wildman–Crippen LogP) is 3.77. The van der Waals surface area contributed by atoms with Gasteiger partial charge in [0, 0.05) is 16.9 Å². The van der Waals surface area contributed by atoms with Crippen LogP contribution in [0.3, 0.4) is 0 Å². The minimum absolute atomic E-state index is 0.582. The van der Waals surface area contributed by atoms with Crippen molar-refractivity contribution in [1.29, 1.82) is 0 Å². The Labute approximate surface area is 129 Å². The molecule has 2 rings (SSSR count). The van der Waals surface area contributed by atoms with Gasteiger partial charge in [0.15, 0.2) is 0 Å². The van der Waals surface area contributed by atoms with Crippen LogP contribution in [0.4, 0.5) is 0 Å². The highest BCUT2D eigenvalue weighted by Crippen LogP contribution is 2.17. The standard InChI is InChI=1S/C17H21BrN2/c1-13-3-5-14(6-4-13)7-15(10-19-2)8-16-9-17(18)12-20-11-16/h3-6,9,11-12,15,19H,7-8,10H2,1-2H3. The zero-order chi connectivity index (χ0) is 14.4. The number of halogens is 1. The molecule has 0 aliphatic heterocycles. The van der Waals surface area contributed by atoms with Crippen molar-refractivity contribution in [2.45, 2.75) is 19.8 Å². The second-order valence-corrected chi connectivity index (χ2v) is 6.24. The van der Waals surface area contributed by atoms with E-state index in [4.69, 9.17) is 0 Å². The summed E-state index contributed by atoms with van der Waals surface area (Å²) in [5.74, 6) is 0.582. The van der Waals surface area contributed by atoms with Gasteiger partial charge in [0.05, 0.1) is 0 Å². The van der Waals surface area contributed by atoms with Crippen molar-refractivity contribution in [2.75, 3.05) is 13.6 Å². The number of rotatable bonds is 6. The van der Waals surface area contributed by atoms with E-state index in [-0.39, 0.29) is 0 Å². The van der Waals surface area contributed by atoms with Gasteiger partial charge in [-0.25, -0.2) is 0 Å². The van der Waals surface area contributed by atoms with Crippen LogP contribution in [0.5, 0.6) is 0 Å². The first-order valence-corrected chi connectivity index (χ1v) is 7.76. The lowest BCUT2D eigenvalue weighted by Crippen LogP contribution is -2.22. The molecule has 0 spiro atoms. The first-order valence-electron chi connectivity index (χ1n) is 6.97. The summed E-state index contributed by atoms with van der Waals surface area (Å²) in [4.78, 5) is 4.25. The van der Waals surface area contributed by atoms with Crippen LogP contribution in [-0.4, -0.2) is 18.6 Å². The van der Waals surface area contributed by atoms with Crippen LogP contribution in [0.2, 0.25) is 0 Å². The molecule has 0 aliphatic carbocycles. The number of aryl methyl sites for hydroxylation is 1. The highest BCUT2D eigenvalue weighted by atomic mass is 79.9. The van der Waals surface area contributed by atoms with Crippen molar-refractivity contribution in [3.8, 4) is 0 Å². The van der Waals surface area contributed by atoms with E-state index in [0.717, 1.165) is 23.9 Å². The van der Waals surface area contributed by atoms with Crippen LogP contribution >= 0.6 is 15.9 Å². The Morgan fingerprint density at radius 3 is 2.45 bits per heavy atom. The maximum Gasteiger partial charge on any atom is 0.0410 e. The Bertz CT molecular complexity index is 537. The molecule has 2 nitrogen and oxygen atoms in total. The van der Waals surface area contributed by atoms with Gasteiger partial charge in [-0.1, -0.05) is 29.8 Å². The second kappa shape index (κ2) is 7.55. The number of pyridine rings is 1. The molecule has 1 heterocycles. The molecule has 106 valence electrons. The first kappa shape index (κ1) is 15.2. The Kier molecular flexibility index (Phi) is 5.74. The van der Waals surface area contributed by atoms with Crippen molar-refractivity contribution >= 4 is 15.9 Å². The van der Waals surface area contributed by atoms with Gasteiger partial charge in [-0.2, -0.15) is 0 Å². The summed E-state index contributed by atoms with van der Waals surface area (Å²) in [5, 5.41) is 3.30. The van der Waals surface area contributed by atoms with Gasteiger partial charge in [-0.3, -0.25) is 4.98 Å². The van der Waals surface area contributed by atoms with E-state index in [1.54, 1.807) is 0 Å². The number of nitrogens with one attached hydrogen (secondary N) is 1. The molecule has 0 fully saturated rings. The van der Waals surface area contributed by atoms with Crippen LogP contribution in [0.1, 0.15) is 16.7 Å². The molecule has 1 N–H and O–H groups in total. The summed E-state index contributed by atoms with van der Waals surface area (Å²) in [6.07, 6.45) is 5.92. The number of benzene rings is 1. The molecule has 0 aliphatic rings. The van der Waals surface area contributed by atoms with Crippen LogP contribution in [0.25, 0.3) is 0 Å². The number of hydrogen-bond donors (Lipinski definition) is 1. The van der Waals surface area contributed by atoms with Crippen molar-refractivity contribution < 1.29 is 0 Å². The lowest BCUT2D eigenvalue weighted by molar-refractivity contribution is 0.492. The molecule has 0 bridgehead atoms. The van der Waals surface area contributed by atoms with Gasteiger partial charge in [-0.15, -0.1) is 0 Å². The van der Waals surface area contributed by atoms with E-state index < -0.39 is 0 Å². The van der Waals surface area contributed by atoms with E-state index in [9.17, 15) is 0 Å². The van der Waals surface area contributed by atoms with E-state index in [1.807, 2.05) is 19.4 Å². The second-order valence-electron chi connectivity index (χ2n) is 5.33. The summed E-state index contributed by atoms with van der Waals surface area (Å²) in [6, 6.07) is 11.0. The maximum atomic E-state index is 4.25. The molecule has 0 amide bonds. The van der Waals surface area contributed by atoms with Gasteiger partial charge in [-0.05, 0) is 72.4 Å². The van der Waals surface area contributed by atoms with Gasteiger partial charge in [0.25, 0.3) is 0 Å². The Hall–Kier alpha value is -1.19. The highest BCUT2D eigenvalue weighted by molar-refractivity contribution is 9.10. The lowest BCUT2D eigenvalue weighted by atomic mass is 9.93. The quantitative estimate of drug-likeness (QED) is 0.870. The summed E-state index contributed by atoms with van der Waals surface area (Å²) < 4.78 is 1.05. The largest absolute Gasteiger partial charge is 0.319 e. The zero-order valence-electron chi connectivity index (χ0n) is 12.1. The Balaban J connectivity index is 2.05. The van der Waals surface area contributed by atoms with Crippen LogP contribution < -0.4 is 5.32 Å². The molecule has 1 aromatic heterocycles. The summed E-state index contributed by atoms with van der Waals surface area (Å²) in [6.45, 7) is 3.14. The third-order valence-electron chi connectivity index (χ3n) is 3.42. The minimum Gasteiger partial charge on any atom is -0.319 e. The van der Waals surface area contributed by atoms with Gasteiger partial charge in [0.2, 0.25) is 0 Å². The minimum atomic E-state index is 0.582. The first-order chi connectivity index (χ1) is 9.67. The Morgan fingerprint density at radius 1 is 1.10 bits per heavy atom. The Morgan fingerprint density at radius 2 is 1.80 bits per heavy atom. The van der Waals surface area contributed by atoms with Crippen LogP contribution in [0.15, 0.2) is 47.2 Å². The maximum absolute atomic E-state index is 4.25. The third kappa shape index (κ3) is 4.73. The molecule has 3 heteroatoms.